The first-order chi connectivity index (χ1) is 6.38. The van der Waals surface area contributed by atoms with Crippen LogP contribution in [0.4, 0.5) is 5.69 Å². The van der Waals surface area contributed by atoms with Crippen LogP contribution in [0, 0.1) is 10.1 Å². The Labute approximate surface area is 79.8 Å². The lowest BCUT2D eigenvalue weighted by Gasteiger charge is -1.96. The molecule has 14 heavy (non-hydrogen) atoms. The molecule has 1 heterocycles. The van der Waals surface area contributed by atoms with Gasteiger partial charge in [0.1, 0.15) is 11.9 Å². The minimum atomic E-state index is -3.64. The van der Waals surface area contributed by atoms with E-state index in [1.807, 2.05) is 0 Å². The summed E-state index contributed by atoms with van der Waals surface area (Å²) in [5, 5.41) is 15.0. The maximum Gasteiger partial charge on any atom is 0.287 e. The molecule has 1 rings (SSSR count). The van der Waals surface area contributed by atoms with Crippen molar-refractivity contribution in [2.45, 2.75) is 5.75 Å². The third-order valence-electron chi connectivity index (χ3n) is 1.37. The van der Waals surface area contributed by atoms with Crippen molar-refractivity contribution in [1.82, 2.24) is 4.98 Å². The molecule has 0 fully saturated rings. The number of nitrogens with two attached hydrogens (primary N) is 1. The van der Waals surface area contributed by atoms with E-state index in [0.717, 1.165) is 6.20 Å². The minimum absolute atomic E-state index is 0.179. The lowest BCUT2D eigenvalue weighted by Crippen LogP contribution is -2.15. The van der Waals surface area contributed by atoms with E-state index in [-0.39, 0.29) is 11.4 Å². The Balaban J connectivity index is 2.90. The quantitative estimate of drug-likeness (QED) is 0.554. The lowest BCUT2D eigenvalue weighted by molar-refractivity contribution is -0.385. The second kappa shape index (κ2) is 3.68. The van der Waals surface area contributed by atoms with Crippen molar-refractivity contribution in [3.8, 4) is 0 Å². The molecule has 0 saturated carbocycles. The minimum Gasteiger partial charge on any atom is -0.258 e. The molecule has 0 saturated heterocycles. The molecule has 0 bridgehead atoms. The molecule has 76 valence electrons. The normalized spacial score (nSPS) is 11.2. The molecule has 1 aromatic rings. The van der Waals surface area contributed by atoms with Gasteiger partial charge in [-0.05, 0) is 6.07 Å². The molecule has 7 nitrogen and oxygen atoms in total. The van der Waals surface area contributed by atoms with Gasteiger partial charge in [0.2, 0.25) is 10.0 Å². The van der Waals surface area contributed by atoms with Gasteiger partial charge in [0.05, 0.1) is 10.6 Å². The van der Waals surface area contributed by atoms with Crippen LogP contribution in [0.5, 0.6) is 0 Å². The summed E-state index contributed by atoms with van der Waals surface area (Å²) < 4.78 is 21.2. The fourth-order valence-electron chi connectivity index (χ4n) is 0.816. The zero-order valence-corrected chi connectivity index (χ0v) is 7.77. The molecule has 2 N–H and O–H groups in total. The lowest BCUT2D eigenvalue weighted by atomic mass is 10.3. The zero-order valence-electron chi connectivity index (χ0n) is 6.95. The molecular weight excluding hydrogens is 210 g/mol. The molecule has 0 atom stereocenters. The maximum absolute atomic E-state index is 10.6. The summed E-state index contributed by atoms with van der Waals surface area (Å²) in [7, 11) is -3.64. The van der Waals surface area contributed by atoms with Gasteiger partial charge in [-0.1, -0.05) is 0 Å². The predicted molar refractivity (Wildman–Crippen MR) is 47.7 cm³/mol. The SMILES string of the molecule is NS(=O)(=O)Cc1ccc([N+](=O)[O-])cn1. The predicted octanol–water partition coefficient (Wildman–Crippen LogP) is -0.222. The Morgan fingerprint density at radius 1 is 1.50 bits per heavy atom. The number of sulfonamides is 1. The second-order valence-electron chi connectivity index (χ2n) is 2.57. The van der Waals surface area contributed by atoms with Gasteiger partial charge in [-0.25, -0.2) is 13.6 Å². The summed E-state index contributed by atoms with van der Waals surface area (Å²) in [4.78, 5) is 13.2. The van der Waals surface area contributed by atoms with Gasteiger partial charge < -0.3 is 0 Å². The summed E-state index contributed by atoms with van der Waals surface area (Å²) in [6.07, 6.45) is 0.987. The summed E-state index contributed by atoms with van der Waals surface area (Å²) in [6.45, 7) is 0. The van der Waals surface area contributed by atoms with Gasteiger partial charge in [-0.15, -0.1) is 0 Å². The Morgan fingerprint density at radius 2 is 2.14 bits per heavy atom. The highest BCUT2D eigenvalue weighted by molar-refractivity contribution is 7.88. The highest BCUT2D eigenvalue weighted by Gasteiger charge is 2.09. The number of hydrogen-bond donors (Lipinski definition) is 1. The average Bonchev–Trinajstić information content (AvgIpc) is 2.02. The molecule has 0 radical (unpaired) electrons. The molecule has 8 heteroatoms. The van der Waals surface area contributed by atoms with Crippen LogP contribution in [0.2, 0.25) is 0 Å². The third kappa shape index (κ3) is 3.07. The first kappa shape index (κ1) is 10.5. The summed E-state index contributed by atoms with van der Waals surface area (Å²) in [6, 6.07) is 2.43. The highest BCUT2D eigenvalue weighted by atomic mass is 32.2. The van der Waals surface area contributed by atoms with Crippen molar-refractivity contribution in [1.29, 1.82) is 0 Å². The van der Waals surface area contributed by atoms with Gasteiger partial charge in [0, 0.05) is 6.07 Å². The van der Waals surface area contributed by atoms with Gasteiger partial charge in [0.25, 0.3) is 5.69 Å². The molecule has 0 aliphatic carbocycles. The van der Waals surface area contributed by atoms with Crippen LogP contribution < -0.4 is 5.14 Å². The number of aromatic nitrogens is 1. The molecule has 0 aromatic carbocycles. The van der Waals surface area contributed by atoms with Crippen LogP contribution in [0.3, 0.4) is 0 Å². The first-order valence-electron chi connectivity index (χ1n) is 3.48. The Morgan fingerprint density at radius 3 is 2.50 bits per heavy atom. The smallest absolute Gasteiger partial charge is 0.258 e. The third-order valence-corrected chi connectivity index (χ3v) is 2.07. The van der Waals surface area contributed by atoms with E-state index in [4.69, 9.17) is 5.14 Å². The standard InChI is InChI=1S/C6H7N3O4S/c7-14(12,13)4-5-1-2-6(3-8-5)9(10)11/h1-3H,4H2,(H2,7,12,13). The molecular formula is C6H7N3O4S. The van der Waals surface area contributed by atoms with Gasteiger partial charge in [0.15, 0.2) is 0 Å². The van der Waals surface area contributed by atoms with Crippen LogP contribution >= 0.6 is 0 Å². The van der Waals surface area contributed by atoms with Crippen LogP contribution in [0.15, 0.2) is 18.3 Å². The van der Waals surface area contributed by atoms with E-state index >= 15 is 0 Å². The number of nitrogens with zero attached hydrogens (tertiary/aromatic N) is 2. The van der Waals surface area contributed by atoms with Crippen LogP contribution in [0.25, 0.3) is 0 Å². The molecule has 0 aliphatic rings. The number of hydrogen-bond acceptors (Lipinski definition) is 5. The van der Waals surface area contributed by atoms with E-state index in [2.05, 4.69) is 4.98 Å². The maximum atomic E-state index is 10.6. The Bertz CT molecular complexity index is 439. The number of pyridine rings is 1. The van der Waals surface area contributed by atoms with E-state index in [1.165, 1.54) is 12.1 Å². The number of primary sulfonamides is 1. The molecule has 0 spiro atoms. The topological polar surface area (TPSA) is 116 Å². The van der Waals surface area contributed by atoms with Gasteiger partial charge in [-0.3, -0.25) is 15.1 Å². The monoisotopic (exact) mass is 217 g/mol. The Hall–Kier alpha value is -1.54. The zero-order chi connectivity index (χ0) is 10.8. The highest BCUT2D eigenvalue weighted by Crippen LogP contribution is 2.09. The van der Waals surface area contributed by atoms with E-state index in [9.17, 15) is 18.5 Å². The van der Waals surface area contributed by atoms with Gasteiger partial charge >= 0.3 is 0 Å². The van der Waals surface area contributed by atoms with E-state index < -0.39 is 20.7 Å². The number of rotatable bonds is 3. The molecule has 0 unspecified atom stereocenters. The van der Waals surface area contributed by atoms with Gasteiger partial charge in [-0.2, -0.15) is 0 Å². The second-order valence-corrected chi connectivity index (χ2v) is 4.19. The average molecular weight is 217 g/mol. The van der Waals surface area contributed by atoms with Crippen molar-refractivity contribution in [3.05, 3.63) is 34.1 Å². The van der Waals surface area contributed by atoms with Crippen molar-refractivity contribution in [2.24, 2.45) is 5.14 Å². The fourth-order valence-corrected chi connectivity index (χ4v) is 1.40. The summed E-state index contributed by atoms with van der Waals surface area (Å²) >= 11 is 0. The van der Waals surface area contributed by atoms with Crippen molar-refractivity contribution >= 4 is 15.7 Å². The number of nitro groups is 1. The van der Waals surface area contributed by atoms with E-state index in [1.54, 1.807) is 0 Å². The first-order valence-corrected chi connectivity index (χ1v) is 5.20. The van der Waals surface area contributed by atoms with Crippen LogP contribution in [0.1, 0.15) is 5.69 Å². The van der Waals surface area contributed by atoms with Crippen molar-refractivity contribution < 1.29 is 13.3 Å². The van der Waals surface area contributed by atoms with Crippen molar-refractivity contribution in [2.75, 3.05) is 0 Å². The van der Waals surface area contributed by atoms with Crippen LogP contribution in [-0.2, 0) is 15.8 Å². The Kier molecular flexibility index (Phi) is 2.77. The largest absolute Gasteiger partial charge is 0.287 e. The fraction of sp³-hybridized carbons (Fsp3) is 0.167. The summed E-state index contributed by atoms with van der Waals surface area (Å²) in [5.41, 5.74) is -0.0127. The van der Waals surface area contributed by atoms with E-state index in [0.29, 0.717) is 0 Å². The summed E-state index contributed by atoms with van der Waals surface area (Å²) in [5.74, 6) is -0.426. The molecule has 0 amide bonds. The molecule has 0 aliphatic heterocycles. The van der Waals surface area contributed by atoms with Crippen molar-refractivity contribution in [3.63, 3.8) is 0 Å². The molecule has 1 aromatic heterocycles. The van der Waals surface area contributed by atoms with Crippen LogP contribution in [-0.4, -0.2) is 18.3 Å².